The predicted molar refractivity (Wildman–Crippen MR) is 34.8 cm³/mol. The van der Waals surface area contributed by atoms with Gasteiger partial charge in [0.2, 0.25) is 0 Å². The molecule has 0 amide bonds. The van der Waals surface area contributed by atoms with E-state index in [9.17, 15) is 0 Å². The zero-order valence-corrected chi connectivity index (χ0v) is 4.15. The van der Waals surface area contributed by atoms with E-state index < -0.39 is 0 Å². The predicted octanol–water partition coefficient (Wildman–Crippen LogP) is -0.751. The Morgan fingerprint density at radius 3 is 1.25 bits per heavy atom. The lowest BCUT2D eigenvalue weighted by Crippen LogP contribution is -1.54. The summed E-state index contributed by atoms with van der Waals surface area (Å²) >= 11 is 0. The second-order valence-corrected chi connectivity index (χ2v) is 0.789. The van der Waals surface area contributed by atoms with Crippen LogP contribution >= 0.6 is 0 Å². The van der Waals surface area contributed by atoms with E-state index in [4.69, 9.17) is 15.7 Å². The molecule has 0 saturated heterocycles. The molecule has 0 atom stereocenters. The number of rotatable bonds is 0. The summed E-state index contributed by atoms with van der Waals surface area (Å²) < 4.78 is 0. The van der Waals surface area contributed by atoms with Gasteiger partial charge < -0.3 is 0 Å². The largest absolute Gasteiger partial charge is 0.189 e. The van der Waals surface area contributed by atoms with Crippen molar-refractivity contribution in [1.29, 1.82) is 0 Å². The number of hydrogen-bond acceptors (Lipinski definition) is 0. The molecule has 0 unspecified atom stereocenters. The molecule has 30 valence electrons. The summed E-state index contributed by atoms with van der Waals surface area (Å²) in [5, 5.41) is 0. The van der Waals surface area contributed by atoms with Gasteiger partial charge in [-0.1, -0.05) is 0 Å². The first-order valence-corrected chi connectivity index (χ1v) is 1.83. The lowest BCUT2D eigenvalue weighted by Gasteiger charge is -1.52. The molecule has 0 saturated carbocycles. The van der Waals surface area contributed by atoms with Gasteiger partial charge in [0, 0.05) is 0 Å². The fourth-order valence-corrected chi connectivity index (χ4v) is 0.135. The van der Waals surface area contributed by atoms with Crippen molar-refractivity contribution >= 4 is 15.7 Å². The minimum absolute atomic E-state index is 2.09. The van der Waals surface area contributed by atoms with Crippen LogP contribution in [0.3, 0.4) is 0 Å². The maximum atomic E-state index is 4.77. The van der Waals surface area contributed by atoms with Crippen LogP contribution in [0.2, 0.25) is 0 Å². The van der Waals surface area contributed by atoms with Gasteiger partial charge in [0.15, 0.2) is 15.7 Å². The zero-order valence-electron chi connectivity index (χ0n) is 4.15. The molecular weight excluding hydrogens is 93.7 g/mol. The van der Waals surface area contributed by atoms with Crippen LogP contribution in [0.1, 0.15) is 0 Å². The van der Waals surface area contributed by atoms with Gasteiger partial charge in [-0.05, 0) is 23.7 Å². The molecule has 0 fully saturated rings. The molecule has 4 radical (unpaired) electrons. The van der Waals surface area contributed by atoms with Crippen LogP contribution in [-0.2, 0) is 0 Å². The Kier molecular flexibility index (Phi) is 4.95. The van der Waals surface area contributed by atoms with Crippen LogP contribution < -0.4 is 0 Å². The highest BCUT2D eigenvalue weighted by atomic mass is 13.5. The van der Waals surface area contributed by atoms with Crippen molar-refractivity contribution in [2.75, 3.05) is 0 Å². The van der Waals surface area contributed by atoms with Gasteiger partial charge >= 0.3 is 0 Å². The van der Waals surface area contributed by atoms with E-state index in [1.165, 1.54) is 0 Å². The van der Waals surface area contributed by atoms with Gasteiger partial charge in [-0.15, -0.1) is 0 Å². The Bertz CT molecular complexity index is 196. The molecule has 0 aromatic heterocycles. The van der Waals surface area contributed by atoms with E-state index in [-0.39, 0.29) is 0 Å². The Balaban J connectivity index is 3.75. The monoisotopic (exact) mass is 94.0 g/mol. The Morgan fingerprint density at radius 2 is 1.00 bits per heavy atom. The molecule has 0 spiro atoms. The Labute approximate surface area is 51.9 Å². The van der Waals surface area contributed by atoms with Crippen LogP contribution in [0.5, 0.6) is 0 Å². The van der Waals surface area contributed by atoms with Crippen molar-refractivity contribution in [3.05, 3.63) is 0 Å². The topological polar surface area (TPSA) is 0 Å². The van der Waals surface area contributed by atoms with Crippen LogP contribution in [0.25, 0.3) is 0 Å². The Hall–Kier alpha value is -1.19. The molecule has 2 heteroatoms. The second-order valence-electron chi connectivity index (χ2n) is 0.789. The first-order chi connectivity index (χ1) is 3.91. The minimum atomic E-state index is 2.09. The van der Waals surface area contributed by atoms with E-state index in [1.54, 1.807) is 0 Å². The van der Waals surface area contributed by atoms with Gasteiger partial charge in [0.25, 0.3) is 0 Å². The van der Waals surface area contributed by atoms with Crippen LogP contribution in [0.15, 0.2) is 0 Å². The van der Waals surface area contributed by atoms with Crippen LogP contribution in [-0.4, -0.2) is 15.7 Å². The van der Waals surface area contributed by atoms with E-state index >= 15 is 0 Å². The average molecular weight is 93.7 g/mol. The average Bonchev–Trinajstić information content (AvgIpc) is 1.81. The van der Waals surface area contributed by atoms with Gasteiger partial charge in [0.1, 0.15) is 0 Å². The third-order valence-electron chi connectivity index (χ3n) is 0.332. The van der Waals surface area contributed by atoms with Gasteiger partial charge in [-0.2, -0.15) is 11.6 Å². The lowest BCUT2D eigenvalue weighted by atomic mass is 10.2. The van der Waals surface area contributed by atoms with Crippen LogP contribution in [0.4, 0.5) is 0 Å². The smallest absolute Gasteiger partial charge is 0.158 e. The SMILES string of the molecule is [B]C#CC#CC#C[B]. The highest BCUT2D eigenvalue weighted by Gasteiger charge is 1.48. The van der Waals surface area contributed by atoms with Crippen LogP contribution in [0, 0.1) is 35.3 Å². The third kappa shape index (κ3) is 4.81. The molecule has 0 aliphatic heterocycles. The molecule has 0 aromatic carbocycles. The quantitative estimate of drug-likeness (QED) is 0.273. The fraction of sp³-hybridized carbons (Fsp3) is 0. The summed E-state index contributed by atoms with van der Waals surface area (Å²) in [6.07, 6.45) is 0. The zero-order chi connectivity index (χ0) is 6.24. The molecule has 8 heavy (non-hydrogen) atoms. The maximum absolute atomic E-state index is 4.77. The van der Waals surface area contributed by atoms with Gasteiger partial charge in [0.05, 0.1) is 0 Å². The van der Waals surface area contributed by atoms with E-state index in [1.807, 2.05) is 0 Å². The highest BCUT2D eigenvalue weighted by Crippen LogP contribution is 1.48. The van der Waals surface area contributed by atoms with Crippen molar-refractivity contribution < 1.29 is 0 Å². The van der Waals surface area contributed by atoms with Crippen molar-refractivity contribution in [1.82, 2.24) is 0 Å². The molecule has 0 bridgehead atoms. The minimum Gasteiger partial charge on any atom is -0.158 e. The lowest BCUT2D eigenvalue weighted by molar-refractivity contribution is 2.44. The van der Waals surface area contributed by atoms with E-state index in [0.29, 0.717) is 0 Å². The van der Waals surface area contributed by atoms with Crippen molar-refractivity contribution in [2.24, 2.45) is 0 Å². The first-order valence-electron chi connectivity index (χ1n) is 1.83. The van der Waals surface area contributed by atoms with Gasteiger partial charge in [-0.3, -0.25) is 0 Å². The normalized spacial score (nSPS) is 3.50. The van der Waals surface area contributed by atoms with E-state index in [0.717, 1.165) is 0 Å². The molecule has 0 rings (SSSR count). The Morgan fingerprint density at radius 1 is 0.625 bits per heavy atom. The summed E-state index contributed by atoms with van der Waals surface area (Å²) in [7, 11) is 9.54. The summed E-state index contributed by atoms with van der Waals surface area (Å²) in [5.41, 5.74) is 0. The molecule has 0 aliphatic rings. The van der Waals surface area contributed by atoms with Crippen molar-refractivity contribution in [2.45, 2.75) is 0 Å². The third-order valence-corrected chi connectivity index (χ3v) is 0.332. The summed E-state index contributed by atoms with van der Waals surface area (Å²) in [6, 6.07) is 0. The summed E-state index contributed by atoms with van der Waals surface area (Å²) in [6.45, 7) is 0. The van der Waals surface area contributed by atoms with E-state index in [2.05, 4.69) is 35.3 Å². The molecule has 0 aromatic rings. The molecule has 0 nitrogen and oxygen atoms in total. The molecular formula is C6B2. The van der Waals surface area contributed by atoms with Gasteiger partial charge in [-0.25, -0.2) is 0 Å². The standard InChI is InChI=1S/C6B2/c7-5-3-1-2-4-6-8. The first kappa shape index (κ1) is 6.81. The molecule has 0 heterocycles. The molecule has 0 N–H and O–H groups in total. The summed E-state index contributed by atoms with van der Waals surface area (Å²) in [5.74, 6) is 13.5. The molecule has 0 aliphatic carbocycles. The highest BCUT2D eigenvalue weighted by molar-refractivity contribution is 6.22. The fourth-order valence-electron chi connectivity index (χ4n) is 0.135. The van der Waals surface area contributed by atoms with Crippen molar-refractivity contribution in [3.8, 4) is 35.3 Å². The summed E-state index contributed by atoms with van der Waals surface area (Å²) in [4.78, 5) is 0. The number of hydrogen-bond donors (Lipinski definition) is 0. The second kappa shape index (κ2) is 5.81. The maximum Gasteiger partial charge on any atom is 0.189 e. The van der Waals surface area contributed by atoms with Crippen molar-refractivity contribution in [3.63, 3.8) is 0 Å².